The van der Waals surface area contributed by atoms with Gasteiger partial charge < -0.3 is 10.6 Å². The Hall–Kier alpha value is -0.170. The molecule has 1 fully saturated rings. The van der Waals surface area contributed by atoms with Crippen molar-refractivity contribution in [3.05, 3.63) is 0 Å². The molecule has 0 saturated carbocycles. The molecule has 1 rings (SSSR count). The van der Waals surface area contributed by atoms with E-state index < -0.39 is 15.3 Å². The van der Waals surface area contributed by atoms with Gasteiger partial charge >= 0.3 is 0 Å². The van der Waals surface area contributed by atoms with Gasteiger partial charge in [-0.25, -0.2) is 12.7 Å². The average Bonchev–Trinajstić information content (AvgIpc) is 2.30. The second-order valence-electron chi connectivity index (χ2n) is 4.90. The summed E-state index contributed by atoms with van der Waals surface area (Å²) in [5.41, 5.74) is 5.54. The summed E-state index contributed by atoms with van der Waals surface area (Å²) in [5.74, 6) is 0. The molecule has 0 aromatic carbocycles. The minimum absolute atomic E-state index is 0.215. The topological polar surface area (TPSA) is 66.6 Å². The van der Waals surface area contributed by atoms with E-state index in [1.165, 1.54) is 0 Å². The zero-order valence-electron chi connectivity index (χ0n) is 11.1. The third-order valence-electron chi connectivity index (χ3n) is 3.65. The Morgan fingerprint density at radius 2 is 1.88 bits per heavy atom. The fourth-order valence-corrected chi connectivity index (χ4v) is 4.13. The molecule has 1 atom stereocenters. The van der Waals surface area contributed by atoms with Crippen molar-refractivity contribution < 1.29 is 8.42 Å². The maximum Gasteiger partial charge on any atom is 0.218 e. The van der Waals surface area contributed by atoms with Crippen LogP contribution in [-0.4, -0.2) is 62.6 Å². The number of piperidine rings is 1. The molecular weight excluding hydrogens is 238 g/mol. The molecule has 1 aliphatic heterocycles. The van der Waals surface area contributed by atoms with Crippen LogP contribution < -0.4 is 5.73 Å². The lowest BCUT2D eigenvalue weighted by atomic mass is 10.1. The van der Waals surface area contributed by atoms with Gasteiger partial charge in [-0.3, -0.25) is 0 Å². The van der Waals surface area contributed by atoms with Crippen molar-refractivity contribution in [3.63, 3.8) is 0 Å². The largest absolute Gasteiger partial charge is 0.329 e. The van der Waals surface area contributed by atoms with Gasteiger partial charge in [-0.1, -0.05) is 6.92 Å². The Labute approximate surface area is 105 Å². The maximum absolute atomic E-state index is 12.3. The van der Waals surface area contributed by atoms with Crippen LogP contribution in [-0.2, 0) is 10.0 Å². The fraction of sp³-hybridized carbons (Fsp3) is 1.00. The van der Waals surface area contributed by atoms with E-state index in [0.717, 1.165) is 12.8 Å². The number of hydrogen-bond acceptors (Lipinski definition) is 4. The number of hydrogen-bond donors (Lipinski definition) is 1. The lowest BCUT2D eigenvalue weighted by Crippen LogP contribution is -2.48. The van der Waals surface area contributed by atoms with Gasteiger partial charge in [0.05, 0.1) is 5.25 Å². The first-order valence-electron chi connectivity index (χ1n) is 6.29. The maximum atomic E-state index is 12.3. The highest BCUT2D eigenvalue weighted by Crippen LogP contribution is 2.20. The van der Waals surface area contributed by atoms with Crippen LogP contribution in [0.15, 0.2) is 0 Å². The molecule has 1 saturated heterocycles. The molecule has 0 aromatic heterocycles. The number of nitrogens with two attached hydrogens (primary N) is 1. The predicted octanol–water partition coefficient (Wildman–Crippen LogP) is 0.0795. The molecule has 0 amide bonds. The summed E-state index contributed by atoms with van der Waals surface area (Å²) in [6.45, 7) is 3.34. The van der Waals surface area contributed by atoms with Gasteiger partial charge in [0.15, 0.2) is 0 Å². The van der Waals surface area contributed by atoms with Crippen LogP contribution >= 0.6 is 0 Å². The predicted molar refractivity (Wildman–Crippen MR) is 70.3 cm³/mol. The SMILES string of the molecule is CCC(CN)S(=O)(=O)N1CCC(N(C)C)CC1. The lowest BCUT2D eigenvalue weighted by molar-refractivity contribution is 0.195. The molecule has 0 aliphatic carbocycles. The first-order chi connectivity index (χ1) is 7.93. The highest BCUT2D eigenvalue weighted by molar-refractivity contribution is 7.89. The molecule has 1 unspecified atom stereocenters. The zero-order valence-corrected chi connectivity index (χ0v) is 11.9. The Morgan fingerprint density at radius 3 is 2.24 bits per heavy atom. The van der Waals surface area contributed by atoms with Crippen molar-refractivity contribution in [2.45, 2.75) is 37.5 Å². The van der Waals surface area contributed by atoms with E-state index in [4.69, 9.17) is 5.73 Å². The molecule has 6 heteroatoms. The van der Waals surface area contributed by atoms with E-state index in [-0.39, 0.29) is 6.54 Å². The van der Waals surface area contributed by atoms with Gasteiger partial charge in [-0.2, -0.15) is 0 Å². The van der Waals surface area contributed by atoms with Crippen LogP contribution in [0.5, 0.6) is 0 Å². The summed E-state index contributed by atoms with van der Waals surface area (Å²) >= 11 is 0. The summed E-state index contributed by atoms with van der Waals surface area (Å²) in [6, 6.07) is 0.499. The third kappa shape index (κ3) is 3.40. The third-order valence-corrected chi connectivity index (χ3v) is 6.11. The summed E-state index contributed by atoms with van der Waals surface area (Å²) in [6.07, 6.45) is 2.41. The minimum atomic E-state index is -3.18. The number of sulfonamides is 1. The Bertz CT molecular complexity index is 318. The van der Waals surface area contributed by atoms with Crippen LogP contribution in [0, 0.1) is 0 Å². The van der Waals surface area contributed by atoms with Crippen molar-refractivity contribution in [1.82, 2.24) is 9.21 Å². The van der Waals surface area contributed by atoms with E-state index in [0.29, 0.717) is 25.6 Å². The average molecular weight is 263 g/mol. The molecule has 102 valence electrons. The standard InChI is InChI=1S/C11H25N3O2S/c1-4-11(9-12)17(15,16)14-7-5-10(6-8-14)13(2)3/h10-11H,4-9,12H2,1-3H3. The molecule has 17 heavy (non-hydrogen) atoms. The van der Waals surface area contributed by atoms with E-state index in [9.17, 15) is 8.42 Å². The van der Waals surface area contributed by atoms with E-state index >= 15 is 0 Å². The van der Waals surface area contributed by atoms with Gasteiger partial charge in [0.25, 0.3) is 0 Å². The Kier molecular flexibility index (Phi) is 5.37. The molecule has 0 spiro atoms. The summed E-state index contributed by atoms with van der Waals surface area (Å²) in [7, 11) is 0.907. The number of rotatable bonds is 5. The van der Waals surface area contributed by atoms with Crippen LogP contribution in [0.2, 0.25) is 0 Å². The normalized spacial score (nSPS) is 21.9. The molecule has 5 nitrogen and oxygen atoms in total. The fourth-order valence-electron chi connectivity index (χ4n) is 2.32. The summed E-state index contributed by atoms with van der Waals surface area (Å²) < 4.78 is 26.1. The van der Waals surface area contributed by atoms with E-state index in [1.54, 1.807) is 4.31 Å². The second kappa shape index (κ2) is 6.13. The highest BCUT2D eigenvalue weighted by Gasteiger charge is 2.33. The second-order valence-corrected chi connectivity index (χ2v) is 7.12. The van der Waals surface area contributed by atoms with Crippen LogP contribution in [0.4, 0.5) is 0 Å². The molecule has 0 bridgehead atoms. The van der Waals surface area contributed by atoms with Gasteiger partial charge in [-0.15, -0.1) is 0 Å². The van der Waals surface area contributed by atoms with Crippen LogP contribution in [0.3, 0.4) is 0 Å². The first kappa shape index (κ1) is 14.9. The first-order valence-corrected chi connectivity index (χ1v) is 7.79. The summed E-state index contributed by atoms with van der Waals surface area (Å²) in [4.78, 5) is 2.17. The smallest absolute Gasteiger partial charge is 0.218 e. The Morgan fingerprint density at radius 1 is 1.35 bits per heavy atom. The molecular formula is C11H25N3O2S. The molecule has 1 aliphatic rings. The van der Waals surface area contributed by atoms with Gasteiger partial charge in [0.2, 0.25) is 10.0 Å². The lowest BCUT2D eigenvalue weighted by Gasteiger charge is -2.35. The summed E-state index contributed by atoms with van der Waals surface area (Å²) in [5, 5.41) is -0.418. The molecule has 2 N–H and O–H groups in total. The van der Waals surface area contributed by atoms with Crippen LogP contribution in [0.25, 0.3) is 0 Å². The number of nitrogens with zero attached hydrogens (tertiary/aromatic N) is 2. The van der Waals surface area contributed by atoms with E-state index in [1.807, 2.05) is 21.0 Å². The molecule has 0 radical (unpaired) electrons. The van der Waals surface area contributed by atoms with Crippen molar-refractivity contribution in [1.29, 1.82) is 0 Å². The van der Waals surface area contributed by atoms with Crippen molar-refractivity contribution >= 4 is 10.0 Å². The van der Waals surface area contributed by atoms with Crippen molar-refractivity contribution in [2.24, 2.45) is 5.73 Å². The zero-order chi connectivity index (χ0) is 13.1. The van der Waals surface area contributed by atoms with Crippen molar-refractivity contribution in [2.75, 3.05) is 33.7 Å². The van der Waals surface area contributed by atoms with Crippen LogP contribution in [0.1, 0.15) is 26.2 Å². The van der Waals surface area contributed by atoms with Crippen molar-refractivity contribution in [3.8, 4) is 0 Å². The van der Waals surface area contributed by atoms with Gasteiger partial charge in [0.1, 0.15) is 0 Å². The van der Waals surface area contributed by atoms with Gasteiger partial charge in [-0.05, 0) is 33.4 Å². The quantitative estimate of drug-likeness (QED) is 0.763. The Balaban J connectivity index is 2.64. The highest BCUT2D eigenvalue weighted by atomic mass is 32.2. The monoisotopic (exact) mass is 263 g/mol. The minimum Gasteiger partial charge on any atom is -0.329 e. The van der Waals surface area contributed by atoms with Gasteiger partial charge in [0, 0.05) is 25.7 Å². The molecule has 0 aromatic rings. The van der Waals surface area contributed by atoms with E-state index in [2.05, 4.69) is 4.90 Å². The molecule has 1 heterocycles.